The minimum atomic E-state index is -3.50. The fourth-order valence-electron chi connectivity index (χ4n) is 18.6. The first kappa shape index (κ1) is 99.2. The second kappa shape index (κ2) is 39.4. The molecule has 0 spiro atoms. The van der Waals surface area contributed by atoms with Gasteiger partial charge in [-0.1, -0.05) is 83.1 Å². The maximum absolute atomic E-state index is 12.3. The number of sulfone groups is 4. The zero-order valence-electron chi connectivity index (χ0n) is 78.6. The van der Waals surface area contributed by atoms with Crippen LogP contribution < -0.4 is 19.6 Å². The molecular formula is C92H124N20O16S4. The summed E-state index contributed by atoms with van der Waals surface area (Å²) in [5, 5.41) is 79.8. The molecule has 4 aromatic carbocycles. The van der Waals surface area contributed by atoms with E-state index >= 15 is 0 Å². The summed E-state index contributed by atoms with van der Waals surface area (Å²) < 4.78 is 107. The lowest BCUT2D eigenvalue weighted by molar-refractivity contribution is 0.171. The number of nitrogens with zero attached hydrogens (tertiary/aromatic N) is 20. The van der Waals surface area contributed by atoms with Crippen molar-refractivity contribution < 1.29 is 74.5 Å². The van der Waals surface area contributed by atoms with E-state index in [2.05, 4.69) is 113 Å². The third kappa shape index (κ3) is 19.6. The van der Waals surface area contributed by atoms with Gasteiger partial charge in [0.15, 0.2) is 39.3 Å². The monoisotopic (exact) mass is 1890 g/mol. The van der Waals surface area contributed by atoms with Gasteiger partial charge in [-0.3, -0.25) is 0 Å². The van der Waals surface area contributed by atoms with Crippen molar-refractivity contribution in [3.63, 3.8) is 0 Å². The number of hydrogen-bond donors (Lipinski definition) is 8. The number of aliphatic hydroxyl groups excluding tert-OH is 8. The number of anilines is 4. The summed E-state index contributed by atoms with van der Waals surface area (Å²) in [4.78, 5) is 65.6. The van der Waals surface area contributed by atoms with Crippen LogP contribution in [0, 0.1) is 51.4 Å². The normalized spacial score (nSPS) is 17.6. The summed E-state index contributed by atoms with van der Waals surface area (Å²) in [6.45, 7) is 35.5. The molecule has 0 fully saturated rings. The topological polar surface area (TPSA) is 486 Å². The molecule has 40 heteroatoms. The van der Waals surface area contributed by atoms with Gasteiger partial charge in [0.1, 0.15) is 23.3 Å². The first-order chi connectivity index (χ1) is 62.2. The van der Waals surface area contributed by atoms with E-state index in [1.165, 1.54) is 0 Å². The lowest BCUT2D eigenvalue weighted by atomic mass is 10.00. The Morgan fingerprint density at radius 3 is 0.629 bits per heavy atom. The van der Waals surface area contributed by atoms with Crippen LogP contribution in [0.15, 0.2) is 92.9 Å². The van der Waals surface area contributed by atoms with Crippen molar-refractivity contribution in [1.29, 1.82) is 0 Å². The second-order valence-corrected chi connectivity index (χ2v) is 44.0. The molecule has 132 heavy (non-hydrogen) atoms. The van der Waals surface area contributed by atoms with Gasteiger partial charge in [0.05, 0.1) is 139 Å². The van der Waals surface area contributed by atoms with Gasteiger partial charge in [-0.2, -0.15) is 0 Å². The Balaban J connectivity index is 0.000000150. The van der Waals surface area contributed by atoms with Crippen LogP contribution in [-0.2, 0) is 92.0 Å². The van der Waals surface area contributed by atoms with Crippen LogP contribution in [0.25, 0.3) is 44.1 Å². The van der Waals surface area contributed by atoms with Crippen LogP contribution in [0.4, 0.5) is 23.8 Å². The van der Waals surface area contributed by atoms with Gasteiger partial charge in [0.2, 0.25) is 23.8 Å². The van der Waals surface area contributed by atoms with E-state index in [9.17, 15) is 74.5 Å². The van der Waals surface area contributed by atoms with Crippen molar-refractivity contribution in [2.45, 2.75) is 257 Å². The van der Waals surface area contributed by atoms with Crippen molar-refractivity contribution in [3.8, 4) is 0 Å². The Bertz CT molecular complexity index is 6010. The lowest BCUT2D eigenvalue weighted by Crippen LogP contribution is -2.42. The zero-order chi connectivity index (χ0) is 96.3. The molecule has 36 nitrogen and oxygen atoms in total. The Labute approximate surface area is 770 Å². The van der Waals surface area contributed by atoms with Gasteiger partial charge in [-0.05, 0) is 148 Å². The number of aryl methyl sites for hydroxylation is 4. The maximum Gasteiger partial charge on any atom is 0.226 e. The Morgan fingerprint density at radius 2 is 0.485 bits per heavy atom. The third-order valence-corrected chi connectivity index (χ3v) is 30.0. The molecule has 8 aromatic heterocycles. The van der Waals surface area contributed by atoms with Crippen LogP contribution in [0.5, 0.6) is 0 Å². The Morgan fingerprint density at radius 1 is 0.303 bits per heavy atom. The summed E-state index contributed by atoms with van der Waals surface area (Å²) in [7, 11) is -14.0. The molecule has 8 atom stereocenters. The van der Waals surface area contributed by atoms with Gasteiger partial charge in [0, 0.05) is 147 Å². The SMILES string of the molecule is CC[C@@H](O)c1cnc(N2CCn3c(nc4cc(CO)c(S(C)(=O)=O)cc43)[C@@H]2C(C)C)nc1C.CC[C@@H](O)c1cnc(N2CCn3c(nc4cc(CO)c(S(C)(=O)=O)cc43)[C@H]2C(C)C)nc1C.CC[C@H](O)c1cnc(N2CCn3c(nc4cc(CO)c(S(C)(=O)=O)cc43)[C@@H]2C(C)C)nc1C.CC[C@H](O)c1cnc(N2CCn3c(nc4cc(CO)c(S(C)(=O)=O)cc43)[C@H]2C(C)C)nc1C. The predicted octanol–water partition coefficient (Wildman–Crippen LogP) is 10.8. The highest BCUT2D eigenvalue weighted by Gasteiger charge is 2.41. The quantitative estimate of drug-likeness (QED) is 0.0278. The van der Waals surface area contributed by atoms with Crippen molar-refractivity contribution in [2.24, 2.45) is 23.7 Å². The van der Waals surface area contributed by atoms with Crippen LogP contribution in [-0.4, -0.2) is 204 Å². The van der Waals surface area contributed by atoms with Gasteiger partial charge in [-0.25, -0.2) is 93.5 Å². The first-order valence-corrected chi connectivity index (χ1v) is 52.3. The molecule has 8 N–H and O–H groups in total. The number of aliphatic hydroxyl groups is 8. The first-order valence-electron chi connectivity index (χ1n) is 44.7. The van der Waals surface area contributed by atoms with Gasteiger partial charge in [0.25, 0.3) is 0 Å². The molecule has 0 radical (unpaired) electrons. The molecule has 0 bridgehead atoms. The molecular weight excluding hydrogens is 1770 g/mol. The summed E-state index contributed by atoms with van der Waals surface area (Å²) in [6.07, 6.45) is 11.4. The lowest BCUT2D eigenvalue weighted by Gasteiger charge is -2.38. The summed E-state index contributed by atoms with van der Waals surface area (Å²) in [6, 6.07) is 12.7. The van der Waals surface area contributed by atoms with Gasteiger partial charge < -0.3 is 78.7 Å². The Hall–Kier alpha value is -10.2. The third-order valence-electron chi connectivity index (χ3n) is 25.3. The number of aromatic nitrogens is 16. The highest BCUT2D eigenvalue weighted by Crippen LogP contribution is 2.44. The molecule has 12 heterocycles. The molecule has 4 aliphatic rings. The molecule has 0 unspecified atom stereocenters. The summed E-state index contributed by atoms with van der Waals surface area (Å²) in [5.74, 6) is 6.34. The van der Waals surface area contributed by atoms with Crippen molar-refractivity contribution in [3.05, 3.63) is 164 Å². The van der Waals surface area contributed by atoms with E-state index in [0.29, 0.717) is 146 Å². The molecule has 4 aliphatic heterocycles. The van der Waals surface area contributed by atoms with Crippen LogP contribution in [0.1, 0.15) is 248 Å². The molecule has 712 valence electrons. The van der Waals surface area contributed by atoms with E-state index in [-0.39, 0.29) is 93.8 Å². The molecule has 0 saturated carbocycles. The minimum absolute atomic E-state index is 0.119. The second-order valence-electron chi connectivity index (χ2n) is 36.1. The van der Waals surface area contributed by atoms with E-state index < -0.39 is 63.8 Å². The van der Waals surface area contributed by atoms with Crippen LogP contribution in [0.3, 0.4) is 0 Å². The highest BCUT2D eigenvalue weighted by atomic mass is 32.2. The van der Waals surface area contributed by atoms with Crippen molar-refractivity contribution >= 4 is 107 Å². The standard InChI is InChI=1S/4C23H31N5O4S/c4*1-6-19(30)16-11-24-23(25-14(16)4)28-8-7-27-18-10-20(33(5,31)32)15(12-29)9-17(18)26-22(27)21(28)13(2)3/h4*9-11,13,19,21,29-30H,6-8,12H2,1-5H3/t2*19-,21+;2*19-,21-/m1010/s1. The smallest absolute Gasteiger partial charge is 0.226 e. The van der Waals surface area contributed by atoms with Crippen LogP contribution in [0.2, 0.25) is 0 Å². The minimum Gasteiger partial charge on any atom is -0.392 e. The van der Waals surface area contributed by atoms with Crippen molar-refractivity contribution in [2.75, 3.05) is 70.8 Å². The average molecular weight is 1890 g/mol. The molecule has 0 aliphatic carbocycles. The number of rotatable bonds is 24. The van der Waals surface area contributed by atoms with E-state index in [4.69, 9.17) is 39.9 Å². The summed E-state index contributed by atoms with van der Waals surface area (Å²) >= 11 is 0. The molecule has 12 aromatic rings. The van der Waals surface area contributed by atoms with Crippen LogP contribution >= 0.6 is 0 Å². The number of imidazole rings is 4. The molecule has 16 rings (SSSR count). The fraction of sp³-hybridized carbons (Fsp3) is 0.522. The van der Waals surface area contributed by atoms with Gasteiger partial charge in [-0.15, -0.1) is 0 Å². The predicted molar refractivity (Wildman–Crippen MR) is 503 cm³/mol. The number of hydrogen-bond acceptors (Lipinski definition) is 32. The molecule has 0 amide bonds. The highest BCUT2D eigenvalue weighted by molar-refractivity contribution is 7.91. The maximum atomic E-state index is 12.3. The summed E-state index contributed by atoms with van der Waals surface area (Å²) in [5.41, 5.74) is 12.9. The zero-order valence-corrected chi connectivity index (χ0v) is 81.9. The van der Waals surface area contributed by atoms with E-state index in [1.54, 1.807) is 73.3 Å². The Kier molecular flexibility index (Phi) is 29.6. The fourth-order valence-corrected chi connectivity index (χ4v) is 22.3. The van der Waals surface area contributed by atoms with E-state index in [0.717, 1.165) is 115 Å². The van der Waals surface area contributed by atoms with E-state index in [1.807, 2.05) is 55.4 Å². The average Bonchev–Trinajstić information content (AvgIpc) is 1.60. The number of benzene rings is 4. The molecule has 0 saturated heterocycles. The largest absolute Gasteiger partial charge is 0.392 e. The number of fused-ring (bicyclic) bond motifs is 12. The van der Waals surface area contributed by atoms with Gasteiger partial charge >= 0.3 is 0 Å². The van der Waals surface area contributed by atoms with Crippen molar-refractivity contribution in [1.82, 2.24) is 78.1 Å².